The Morgan fingerprint density at radius 2 is 1.90 bits per heavy atom. The number of halogens is 3. The topological polar surface area (TPSA) is 66.4 Å². The van der Waals surface area contributed by atoms with Crippen LogP contribution in [0.15, 0.2) is 24.3 Å². The third kappa shape index (κ3) is 4.25. The summed E-state index contributed by atoms with van der Waals surface area (Å²) in [6.45, 7) is 1.56. The van der Waals surface area contributed by atoms with Crippen LogP contribution in [0.4, 0.5) is 13.2 Å². The maximum atomic E-state index is 12.7. The minimum absolute atomic E-state index is 0.155. The summed E-state index contributed by atoms with van der Waals surface area (Å²) in [5, 5.41) is 11.0. The van der Waals surface area contributed by atoms with E-state index in [1.165, 1.54) is 18.2 Å². The van der Waals surface area contributed by atoms with Gasteiger partial charge in [-0.2, -0.15) is 13.2 Å². The Hall–Kier alpha value is -2.05. The van der Waals surface area contributed by atoms with Crippen LogP contribution in [0.2, 0.25) is 0 Å². The summed E-state index contributed by atoms with van der Waals surface area (Å²) in [5.41, 5.74) is -1.07. The molecule has 7 heteroatoms. The van der Waals surface area contributed by atoms with Crippen molar-refractivity contribution in [3.05, 3.63) is 35.4 Å². The maximum absolute atomic E-state index is 12.7. The third-order valence-electron chi connectivity index (χ3n) is 2.72. The van der Waals surface area contributed by atoms with Crippen molar-refractivity contribution in [2.45, 2.75) is 32.0 Å². The van der Waals surface area contributed by atoms with Crippen LogP contribution in [-0.2, 0) is 22.2 Å². The molecule has 0 unspecified atom stereocenters. The molecule has 1 aromatic rings. The Labute approximate surface area is 113 Å². The van der Waals surface area contributed by atoms with Crippen molar-refractivity contribution in [2.24, 2.45) is 0 Å². The first-order valence-electron chi connectivity index (χ1n) is 5.93. The minimum atomic E-state index is -4.55. The second-order valence-electron chi connectivity index (χ2n) is 4.20. The van der Waals surface area contributed by atoms with Gasteiger partial charge in [-0.15, -0.1) is 0 Å². The van der Waals surface area contributed by atoms with E-state index < -0.39 is 36.1 Å². The van der Waals surface area contributed by atoms with Gasteiger partial charge in [0.15, 0.2) is 0 Å². The number of amides is 1. The quantitative estimate of drug-likeness (QED) is 0.873. The molecule has 0 fully saturated rings. The van der Waals surface area contributed by atoms with Crippen molar-refractivity contribution < 1.29 is 27.9 Å². The molecule has 0 radical (unpaired) electrons. The van der Waals surface area contributed by atoms with E-state index in [4.69, 9.17) is 5.11 Å². The number of aliphatic carboxylic acids is 1. The van der Waals surface area contributed by atoms with Crippen LogP contribution in [0.5, 0.6) is 0 Å². The molecule has 110 valence electrons. The number of carbonyl (C=O) groups is 2. The molecular weight excluding hydrogens is 275 g/mol. The number of hydrogen-bond donors (Lipinski definition) is 2. The summed E-state index contributed by atoms with van der Waals surface area (Å²) in [7, 11) is 0. The Morgan fingerprint density at radius 1 is 1.30 bits per heavy atom. The van der Waals surface area contributed by atoms with Crippen LogP contribution in [0, 0.1) is 0 Å². The first kappa shape index (κ1) is 16.0. The van der Waals surface area contributed by atoms with Crippen molar-refractivity contribution >= 4 is 11.9 Å². The van der Waals surface area contributed by atoms with Crippen LogP contribution in [0.25, 0.3) is 0 Å². The third-order valence-corrected chi connectivity index (χ3v) is 2.72. The van der Waals surface area contributed by atoms with E-state index in [0.29, 0.717) is 0 Å². The van der Waals surface area contributed by atoms with Gasteiger partial charge in [-0.25, -0.2) is 4.79 Å². The average Bonchev–Trinajstić information content (AvgIpc) is 2.35. The Kier molecular flexibility index (Phi) is 5.12. The molecule has 1 aromatic carbocycles. The zero-order valence-electron chi connectivity index (χ0n) is 10.7. The molecule has 0 aliphatic heterocycles. The molecule has 0 bridgehead atoms. The monoisotopic (exact) mass is 289 g/mol. The highest BCUT2D eigenvalue weighted by Crippen LogP contribution is 2.31. The molecule has 0 aliphatic rings. The smallest absolute Gasteiger partial charge is 0.416 e. The normalized spacial score (nSPS) is 12.8. The number of carbonyl (C=O) groups excluding carboxylic acids is 1. The molecule has 1 rings (SSSR count). The summed E-state index contributed by atoms with van der Waals surface area (Å²) in [5.74, 6) is -1.97. The minimum Gasteiger partial charge on any atom is -0.480 e. The number of alkyl halides is 3. The SMILES string of the molecule is CC[C@H](NC(=O)Cc1ccccc1C(F)(F)F)C(=O)O. The first-order chi connectivity index (χ1) is 9.25. The fourth-order valence-corrected chi connectivity index (χ4v) is 1.71. The Bertz CT molecular complexity index is 500. The Balaban J connectivity index is 2.84. The van der Waals surface area contributed by atoms with E-state index in [0.717, 1.165) is 6.07 Å². The molecule has 0 saturated heterocycles. The summed E-state index contributed by atoms with van der Waals surface area (Å²) >= 11 is 0. The van der Waals surface area contributed by atoms with E-state index in [1.54, 1.807) is 6.92 Å². The largest absolute Gasteiger partial charge is 0.480 e. The molecule has 1 atom stereocenters. The van der Waals surface area contributed by atoms with E-state index >= 15 is 0 Å². The molecule has 0 aromatic heterocycles. The summed E-state index contributed by atoms with van der Waals surface area (Å²) in [6.07, 6.45) is -4.91. The van der Waals surface area contributed by atoms with Crippen LogP contribution in [0.3, 0.4) is 0 Å². The highest BCUT2D eigenvalue weighted by molar-refractivity contribution is 5.85. The molecule has 0 saturated carbocycles. The van der Waals surface area contributed by atoms with Crippen molar-refractivity contribution in [1.29, 1.82) is 0 Å². The van der Waals surface area contributed by atoms with Gasteiger partial charge in [-0.1, -0.05) is 25.1 Å². The number of nitrogens with one attached hydrogen (secondary N) is 1. The zero-order valence-corrected chi connectivity index (χ0v) is 10.7. The second-order valence-corrected chi connectivity index (χ2v) is 4.20. The van der Waals surface area contributed by atoms with Crippen LogP contribution in [0.1, 0.15) is 24.5 Å². The van der Waals surface area contributed by atoms with E-state index in [-0.39, 0.29) is 12.0 Å². The first-order valence-corrected chi connectivity index (χ1v) is 5.93. The lowest BCUT2D eigenvalue weighted by Crippen LogP contribution is -2.41. The lowest BCUT2D eigenvalue weighted by Gasteiger charge is -2.15. The van der Waals surface area contributed by atoms with Gasteiger partial charge >= 0.3 is 12.1 Å². The molecule has 0 aliphatic carbocycles. The number of carboxylic acids is 1. The van der Waals surface area contributed by atoms with Crippen LogP contribution in [-0.4, -0.2) is 23.0 Å². The lowest BCUT2D eigenvalue weighted by molar-refractivity contribution is -0.142. The molecule has 0 heterocycles. The number of rotatable bonds is 5. The van der Waals surface area contributed by atoms with Gasteiger partial charge in [0, 0.05) is 0 Å². The predicted octanol–water partition coefficient (Wildman–Crippen LogP) is 2.23. The maximum Gasteiger partial charge on any atom is 0.416 e. The molecule has 0 spiro atoms. The van der Waals surface area contributed by atoms with Crippen LogP contribution < -0.4 is 5.32 Å². The van der Waals surface area contributed by atoms with Gasteiger partial charge in [0.25, 0.3) is 0 Å². The summed E-state index contributed by atoms with van der Waals surface area (Å²) in [4.78, 5) is 22.4. The number of hydrogen-bond acceptors (Lipinski definition) is 2. The van der Waals surface area contributed by atoms with Gasteiger partial charge in [0.2, 0.25) is 5.91 Å². The van der Waals surface area contributed by atoms with E-state index in [9.17, 15) is 22.8 Å². The van der Waals surface area contributed by atoms with Crippen molar-refractivity contribution in [3.63, 3.8) is 0 Å². The van der Waals surface area contributed by atoms with Gasteiger partial charge in [0.1, 0.15) is 6.04 Å². The molecule has 4 nitrogen and oxygen atoms in total. The highest BCUT2D eigenvalue weighted by Gasteiger charge is 2.33. The van der Waals surface area contributed by atoms with E-state index in [2.05, 4.69) is 5.32 Å². The second kappa shape index (κ2) is 6.40. The Morgan fingerprint density at radius 3 is 2.40 bits per heavy atom. The fraction of sp³-hybridized carbons (Fsp3) is 0.385. The average molecular weight is 289 g/mol. The molecule has 1 amide bonds. The van der Waals surface area contributed by atoms with Gasteiger partial charge in [-0.05, 0) is 18.1 Å². The van der Waals surface area contributed by atoms with Crippen molar-refractivity contribution in [1.82, 2.24) is 5.32 Å². The zero-order chi connectivity index (χ0) is 15.3. The fourth-order valence-electron chi connectivity index (χ4n) is 1.71. The molecule has 20 heavy (non-hydrogen) atoms. The van der Waals surface area contributed by atoms with Crippen molar-refractivity contribution in [2.75, 3.05) is 0 Å². The predicted molar refractivity (Wildman–Crippen MR) is 65.0 cm³/mol. The lowest BCUT2D eigenvalue weighted by atomic mass is 10.0. The summed E-state index contributed by atoms with van der Waals surface area (Å²) < 4.78 is 38.2. The van der Waals surface area contributed by atoms with Crippen molar-refractivity contribution in [3.8, 4) is 0 Å². The van der Waals surface area contributed by atoms with Gasteiger partial charge in [-0.3, -0.25) is 4.79 Å². The van der Waals surface area contributed by atoms with Gasteiger partial charge in [0.05, 0.1) is 12.0 Å². The standard InChI is InChI=1S/C13H14F3NO3/c1-2-10(12(19)20)17-11(18)7-8-5-3-4-6-9(8)13(14,15)16/h3-6,10H,2,7H2,1H3,(H,17,18)(H,19,20)/t10-/m0/s1. The van der Waals surface area contributed by atoms with E-state index in [1.807, 2.05) is 0 Å². The van der Waals surface area contributed by atoms with Crippen LogP contribution >= 0.6 is 0 Å². The highest BCUT2D eigenvalue weighted by atomic mass is 19.4. The number of benzene rings is 1. The van der Waals surface area contributed by atoms with Gasteiger partial charge < -0.3 is 10.4 Å². The molecular formula is C13H14F3NO3. The molecule has 2 N–H and O–H groups in total. The number of carboxylic acid groups (broad SMARTS) is 1. The summed E-state index contributed by atoms with van der Waals surface area (Å²) in [6, 6.07) is 3.62.